The van der Waals surface area contributed by atoms with Crippen molar-refractivity contribution in [2.24, 2.45) is 0 Å². The Bertz CT molecular complexity index is 8.00. The first-order valence-electron chi connectivity index (χ1n) is 0.236. The average molecular weight is 163 g/mol. The van der Waals surface area contributed by atoms with Crippen LogP contribution in [-0.2, 0) is 36.5 Å². The van der Waals surface area contributed by atoms with Gasteiger partial charge in [0.15, 0.2) is 0 Å². The Balaban J connectivity index is -0.00000000500. The summed E-state index contributed by atoms with van der Waals surface area (Å²) < 4.78 is 8.17. The molecule has 0 rings (SSSR count). The molecule has 4 heteroatoms. The maximum Gasteiger partial charge on any atom is 0 e. The summed E-state index contributed by atoms with van der Waals surface area (Å²) in [5, 5.41) is 0. The van der Waals surface area contributed by atoms with Crippen molar-refractivity contribution in [3.63, 3.8) is 0 Å². The summed E-state index contributed by atoms with van der Waals surface area (Å²) in [6, 6.07) is 0. The van der Waals surface area contributed by atoms with Crippen LogP contribution in [0.5, 0.6) is 0 Å². The summed E-state index contributed by atoms with van der Waals surface area (Å²) in [7, 11) is 0. The third-order valence-corrected chi connectivity index (χ3v) is 0. The van der Waals surface area contributed by atoms with Gasteiger partial charge in [-0.2, -0.15) is 0 Å². The van der Waals surface area contributed by atoms with E-state index in [1.165, 1.54) is 16.2 Å². The third kappa shape index (κ3) is 9.41. The van der Waals surface area contributed by atoms with E-state index in [9.17, 15) is 0 Å². The van der Waals surface area contributed by atoms with E-state index in [-0.39, 0.29) is 43.7 Å². The molecule has 3 radical (unpaired) electrons. The molecule has 0 aliphatic rings. The molecule has 0 amide bonds. The smallest absolute Gasteiger partial charge is 0 e. The van der Waals surface area contributed by atoms with E-state index in [1.807, 2.05) is 0 Å². The Morgan fingerprint density at radius 3 is 1.25 bits per heavy atom. The Morgan fingerprint density at radius 1 is 1.25 bits per heavy atom. The van der Waals surface area contributed by atoms with Crippen LogP contribution >= 0.6 is 0 Å². The van der Waals surface area contributed by atoms with Crippen molar-refractivity contribution in [1.82, 2.24) is 0 Å². The zero-order valence-corrected chi connectivity index (χ0v) is 8.56. The fraction of sp³-hybridized carbons (Fsp3) is 0. The van der Waals surface area contributed by atoms with E-state index in [4.69, 9.17) is 3.80 Å². The van der Waals surface area contributed by atoms with Gasteiger partial charge in [0.25, 0.3) is 0 Å². The zero-order valence-electron chi connectivity index (χ0n) is 2.56. The summed E-state index contributed by atoms with van der Waals surface area (Å²) >= 11 is 1.17. The number of rotatable bonds is 0. The van der Waals surface area contributed by atoms with Crippen LogP contribution in [0.2, 0.25) is 0 Å². The van der Waals surface area contributed by atoms with E-state index in [0.29, 0.717) is 0 Å². The molecule has 0 atom stereocenters. The summed E-state index contributed by atoms with van der Waals surface area (Å²) in [4.78, 5) is 0. The van der Waals surface area contributed by atoms with Gasteiger partial charge >= 0.3 is 20.0 Å². The zero-order chi connectivity index (χ0) is 2.00. The summed E-state index contributed by atoms with van der Waals surface area (Å²) in [6.07, 6.45) is 0. The van der Waals surface area contributed by atoms with Crippen molar-refractivity contribution < 1.29 is 36.5 Å². The molecule has 0 heterocycles. The second kappa shape index (κ2) is 22.7. The van der Waals surface area contributed by atoms with E-state index in [1.54, 1.807) is 0 Å². The quantitative estimate of drug-likeness (QED) is 0.389. The molecule has 4 heavy (non-hydrogen) atoms. The molecule has 0 unspecified atom stereocenters. The molecule has 0 aromatic rings. The standard InChI is InChI=1S/Al.O.H3Si.Y/h;;1H3;. The number of hydrogen-bond acceptors (Lipinski definition) is 1. The van der Waals surface area contributed by atoms with Crippen LogP contribution in [0.1, 0.15) is 0 Å². The topological polar surface area (TPSA) is 17.1 Å². The van der Waals surface area contributed by atoms with Gasteiger partial charge in [-0.1, -0.05) is 0 Å². The van der Waals surface area contributed by atoms with Gasteiger partial charge in [-0.25, -0.2) is 0 Å². The van der Waals surface area contributed by atoms with Crippen LogP contribution in [0, 0.1) is 0 Å². The van der Waals surface area contributed by atoms with Crippen LogP contribution in [-0.4, -0.2) is 27.2 Å². The maximum absolute atomic E-state index is 8.17. The van der Waals surface area contributed by atoms with Crippen LogP contribution in [0.3, 0.4) is 0 Å². The van der Waals surface area contributed by atoms with Gasteiger partial charge in [0, 0.05) is 32.7 Å². The molecule has 0 bridgehead atoms. The van der Waals surface area contributed by atoms with Crippen molar-refractivity contribution in [3.8, 4) is 0 Å². The molecule has 0 fully saturated rings. The predicted octanol–water partition coefficient (Wildman–Crippen LogP) is -1.69. The first-order valence-corrected chi connectivity index (χ1v) is 0.707. The molecular weight excluding hydrogens is 160 g/mol. The van der Waals surface area contributed by atoms with Gasteiger partial charge in [0.1, 0.15) is 0 Å². The monoisotopic (exact) mass is 163 g/mol. The maximum atomic E-state index is 8.17. The Labute approximate surface area is 63.1 Å². The van der Waals surface area contributed by atoms with E-state index in [2.05, 4.69) is 0 Å². The van der Waals surface area contributed by atoms with Crippen LogP contribution in [0.25, 0.3) is 0 Å². The minimum Gasteiger partial charge on any atom is -0.0125 e. The Kier molecular flexibility index (Phi) is 98.8. The van der Waals surface area contributed by atoms with Crippen LogP contribution < -0.4 is 0 Å². The molecule has 1 nitrogen and oxygen atoms in total. The van der Waals surface area contributed by atoms with Crippen molar-refractivity contribution >= 4 is 27.2 Å². The average Bonchev–Trinajstić information content (AvgIpc) is 1.00. The Morgan fingerprint density at radius 2 is 1.25 bits per heavy atom. The Hall–Kier alpha value is 1.65. The van der Waals surface area contributed by atoms with E-state index in [0.717, 1.165) is 0 Å². The van der Waals surface area contributed by atoms with Crippen molar-refractivity contribution in [3.05, 3.63) is 0 Å². The largest absolute Gasteiger partial charge is 0.0125 e. The fourth-order valence-electron chi connectivity index (χ4n) is 0. The second-order valence-electron chi connectivity index (χ2n) is 0. The third-order valence-electron chi connectivity index (χ3n) is 0. The molecule has 0 aromatic heterocycles. The van der Waals surface area contributed by atoms with Gasteiger partial charge < -0.3 is 0 Å². The molecule has 0 aliphatic heterocycles. The second-order valence-corrected chi connectivity index (χ2v) is 0. The van der Waals surface area contributed by atoms with Crippen molar-refractivity contribution in [1.29, 1.82) is 0 Å². The van der Waals surface area contributed by atoms with E-state index >= 15 is 0 Å². The van der Waals surface area contributed by atoms with Gasteiger partial charge in [0.2, 0.25) is 0 Å². The minimum atomic E-state index is 0. The van der Waals surface area contributed by atoms with E-state index < -0.39 is 0 Å². The summed E-state index contributed by atoms with van der Waals surface area (Å²) in [6.45, 7) is 0. The van der Waals surface area contributed by atoms with Crippen LogP contribution in [0.15, 0.2) is 0 Å². The summed E-state index contributed by atoms with van der Waals surface area (Å²) in [5.41, 5.74) is 0. The molecule has 0 N–H and O–H groups in total. The van der Waals surface area contributed by atoms with Gasteiger partial charge in [0.05, 0.1) is 0 Å². The predicted molar refractivity (Wildman–Crippen MR) is 16.4 cm³/mol. The molecular formula is H3AlOSiY. The number of hydrogen-bond donors (Lipinski definition) is 0. The first-order chi connectivity index (χ1) is 1.00. The molecule has 19 valence electrons. The van der Waals surface area contributed by atoms with Crippen molar-refractivity contribution in [2.45, 2.75) is 0 Å². The normalized spacial score (nSPS) is 0.750. The fourth-order valence-corrected chi connectivity index (χ4v) is 0. The minimum absolute atomic E-state index is 0. The van der Waals surface area contributed by atoms with Gasteiger partial charge in [-0.05, 0) is 11.0 Å². The first kappa shape index (κ1) is 17.4. The SMILES string of the molecule is [O]=[Al].[SiH3].[Y]. The molecule has 0 spiro atoms. The van der Waals surface area contributed by atoms with Gasteiger partial charge in [-0.15, -0.1) is 0 Å². The molecule has 0 saturated heterocycles. The van der Waals surface area contributed by atoms with Crippen molar-refractivity contribution in [2.75, 3.05) is 0 Å². The molecule has 0 aliphatic carbocycles. The summed E-state index contributed by atoms with van der Waals surface area (Å²) in [5.74, 6) is 0. The molecule has 0 aromatic carbocycles. The van der Waals surface area contributed by atoms with Gasteiger partial charge in [-0.3, -0.25) is 0 Å². The van der Waals surface area contributed by atoms with Crippen LogP contribution in [0.4, 0.5) is 0 Å². The molecule has 0 saturated carbocycles.